The molecule has 0 unspecified atom stereocenters. The highest BCUT2D eigenvalue weighted by Crippen LogP contribution is 2.36. The molecule has 6 heteroatoms. The van der Waals surface area contributed by atoms with Gasteiger partial charge in [0.2, 0.25) is 0 Å². The second-order valence-corrected chi connectivity index (χ2v) is 6.12. The van der Waals surface area contributed by atoms with Crippen LogP contribution >= 0.6 is 23.2 Å². The minimum atomic E-state index is -1.08. The van der Waals surface area contributed by atoms with Crippen molar-refractivity contribution in [3.8, 4) is 5.75 Å². The fourth-order valence-electron chi connectivity index (χ4n) is 1.95. The van der Waals surface area contributed by atoms with Crippen LogP contribution in [0.25, 0.3) is 6.08 Å². The molecule has 1 aromatic rings. The SMILES string of the molecule is COc1cc(Cl)c(/C=C/C(C)=C(F)C=CC(C)=CC(=O)O)c(Cl)c1C. The van der Waals surface area contributed by atoms with Crippen LogP contribution in [0, 0.1) is 6.92 Å². The summed E-state index contributed by atoms with van der Waals surface area (Å²) in [5.74, 6) is -0.997. The Morgan fingerprint density at radius 3 is 2.44 bits per heavy atom. The molecule has 0 aliphatic carbocycles. The predicted octanol–water partition coefficient (Wildman–Crippen LogP) is 6.15. The third-order valence-corrected chi connectivity index (χ3v) is 4.19. The molecule has 1 rings (SSSR count). The van der Waals surface area contributed by atoms with Gasteiger partial charge in [-0.15, -0.1) is 0 Å². The Morgan fingerprint density at radius 1 is 1.24 bits per heavy atom. The maximum absolute atomic E-state index is 14.1. The van der Waals surface area contributed by atoms with Gasteiger partial charge in [0.25, 0.3) is 0 Å². The van der Waals surface area contributed by atoms with E-state index in [0.717, 1.165) is 11.6 Å². The number of benzene rings is 1. The third kappa shape index (κ3) is 6.07. The van der Waals surface area contributed by atoms with Gasteiger partial charge in [0.15, 0.2) is 0 Å². The molecule has 0 aromatic heterocycles. The molecular formula is C19H19Cl2FO3. The summed E-state index contributed by atoms with van der Waals surface area (Å²) in [6.45, 7) is 4.96. The first kappa shape index (κ1) is 21.0. The summed E-state index contributed by atoms with van der Waals surface area (Å²) in [7, 11) is 1.53. The molecule has 0 amide bonds. The summed E-state index contributed by atoms with van der Waals surface area (Å²) in [5, 5.41) is 9.45. The van der Waals surface area contributed by atoms with Gasteiger partial charge in [-0.25, -0.2) is 9.18 Å². The van der Waals surface area contributed by atoms with E-state index < -0.39 is 11.8 Å². The molecule has 0 bridgehead atoms. The number of carboxylic acid groups (broad SMARTS) is 1. The molecule has 134 valence electrons. The van der Waals surface area contributed by atoms with Crippen LogP contribution in [0.1, 0.15) is 25.0 Å². The quantitative estimate of drug-likeness (QED) is 0.472. The van der Waals surface area contributed by atoms with E-state index in [4.69, 9.17) is 33.0 Å². The fourth-order valence-corrected chi connectivity index (χ4v) is 2.51. The van der Waals surface area contributed by atoms with Crippen LogP contribution in [0.3, 0.4) is 0 Å². The molecule has 0 aliphatic heterocycles. The Morgan fingerprint density at radius 2 is 1.88 bits per heavy atom. The summed E-state index contributed by atoms with van der Waals surface area (Å²) >= 11 is 12.5. The first-order valence-electron chi connectivity index (χ1n) is 7.33. The third-order valence-electron chi connectivity index (χ3n) is 3.39. The number of ether oxygens (including phenoxy) is 1. The average molecular weight is 385 g/mol. The molecule has 0 radical (unpaired) electrons. The highest BCUT2D eigenvalue weighted by Gasteiger charge is 2.11. The van der Waals surface area contributed by atoms with Crippen LogP contribution in [-0.4, -0.2) is 18.2 Å². The second kappa shape index (κ2) is 9.44. The number of carboxylic acids is 1. The lowest BCUT2D eigenvalue weighted by molar-refractivity contribution is -0.131. The Hall–Kier alpha value is -2.04. The van der Waals surface area contributed by atoms with E-state index in [-0.39, 0.29) is 0 Å². The van der Waals surface area contributed by atoms with E-state index in [1.807, 2.05) is 0 Å². The highest BCUT2D eigenvalue weighted by molar-refractivity contribution is 6.38. The molecule has 0 spiro atoms. The van der Waals surface area contributed by atoms with Gasteiger partial charge in [0.05, 0.1) is 17.2 Å². The number of hydrogen-bond acceptors (Lipinski definition) is 2. The summed E-state index contributed by atoms with van der Waals surface area (Å²) in [6.07, 6.45) is 6.76. The number of aliphatic carboxylic acids is 1. The molecule has 3 nitrogen and oxygen atoms in total. The molecule has 1 aromatic carbocycles. The zero-order valence-electron chi connectivity index (χ0n) is 14.4. The van der Waals surface area contributed by atoms with Crippen LogP contribution in [-0.2, 0) is 4.79 Å². The van der Waals surface area contributed by atoms with Crippen LogP contribution in [0.4, 0.5) is 4.39 Å². The molecule has 0 saturated heterocycles. The molecule has 0 heterocycles. The van der Waals surface area contributed by atoms with E-state index in [1.165, 1.54) is 19.3 Å². The van der Waals surface area contributed by atoms with Gasteiger partial charge in [0.1, 0.15) is 11.6 Å². The molecule has 0 saturated carbocycles. The first-order valence-corrected chi connectivity index (χ1v) is 8.09. The number of methoxy groups -OCH3 is 1. The Labute approximate surface area is 156 Å². The molecule has 0 fully saturated rings. The lowest BCUT2D eigenvalue weighted by atomic mass is 10.1. The van der Waals surface area contributed by atoms with E-state index in [0.29, 0.717) is 32.5 Å². The van der Waals surface area contributed by atoms with Crippen LogP contribution < -0.4 is 4.74 Å². The first-order chi connectivity index (χ1) is 11.7. The second-order valence-electron chi connectivity index (χ2n) is 5.34. The van der Waals surface area contributed by atoms with Gasteiger partial charge in [-0.3, -0.25) is 0 Å². The van der Waals surface area contributed by atoms with Crippen molar-refractivity contribution in [3.63, 3.8) is 0 Å². The van der Waals surface area contributed by atoms with Gasteiger partial charge in [0, 0.05) is 17.2 Å². The Balaban J connectivity index is 3.11. The molecule has 25 heavy (non-hydrogen) atoms. The number of allylic oxidation sites excluding steroid dienone is 6. The fraction of sp³-hybridized carbons (Fsp3) is 0.211. The van der Waals surface area contributed by atoms with E-state index in [2.05, 4.69) is 0 Å². The summed E-state index contributed by atoms with van der Waals surface area (Å²) in [4.78, 5) is 10.5. The lowest BCUT2D eigenvalue weighted by Gasteiger charge is -2.10. The maximum atomic E-state index is 14.1. The molecule has 0 atom stereocenters. The molecular weight excluding hydrogens is 366 g/mol. The van der Waals surface area contributed by atoms with E-state index in [1.54, 1.807) is 39.0 Å². The Bertz CT molecular complexity index is 790. The van der Waals surface area contributed by atoms with Gasteiger partial charge in [-0.05, 0) is 44.1 Å². The average Bonchev–Trinajstić information content (AvgIpc) is 2.54. The van der Waals surface area contributed by atoms with Crippen LogP contribution in [0.2, 0.25) is 10.0 Å². The number of hydrogen-bond donors (Lipinski definition) is 1. The molecule has 1 N–H and O–H groups in total. The number of halogens is 3. The minimum Gasteiger partial charge on any atom is -0.496 e. The lowest BCUT2D eigenvalue weighted by Crippen LogP contribution is -1.91. The highest BCUT2D eigenvalue weighted by atomic mass is 35.5. The zero-order chi connectivity index (χ0) is 19.1. The largest absolute Gasteiger partial charge is 0.496 e. The molecule has 0 aliphatic rings. The summed E-state index contributed by atoms with van der Waals surface area (Å²) < 4.78 is 19.3. The van der Waals surface area contributed by atoms with Gasteiger partial charge >= 0.3 is 5.97 Å². The van der Waals surface area contributed by atoms with E-state index >= 15 is 0 Å². The standard InChI is InChI=1S/C19H19Cl2FO3/c1-11(9-18(23)24)5-8-16(22)12(2)6-7-14-15(20)10-17(25-4)13(3)19(14)21/h5-10H,1-4H3,(H,23,24)/b7-6+,8-5?,11-9?,16-12?. The number of carbonyl (C=O) groups is 1. The van der Waals surface area contributed by atoms with Crippen molar-refractivity contribution >= 4 is 35.2 Å². The topological polar surface area (TPSA) is 46.5 Å². The van der Waals surface area contributed by atoms with Crippen molar-refractivity contribution in [1.29, 1.82) is 0 Å². The van der Waals surface area contributed by atoms with Crippen molar-refractivity contribution in [2.45, 2.75) is 20.8 Å². The summed E-state index contributed by atoms with van der Waals surface area (Å²) in [5.41, 5.74) is 2.08. The predicted molar refractivity (Wildman–Crippen MR) is 101 cm³/mol. The van der Waals surface area contributed by atoms with Crippen molar-refractivity contribution in [2.24, 2.45) is 0 Å². The minimum absolute atomic E-state index is 0.347. The van der Waals surface area contributed by atoms with Crippen LogP contribution in [0.5, 0.6) is 5.75 Å². The van der Waals surface area contributed by atoms with Crippen LogP contribution in [0.15, 0.2) is 47.3 Å². The van der Waals surface area contributed by atoms with Gasteiger partial charge < -0.3 is 9.84 Å². The van der Waals surface area contributed by atoms with Crippen molar-refractivity contribution in [1.82, 2.24) is 0 Å². The number of rotatable bonds is 6. The van der Waals surface area contributed by atoms with Crippen molar-refractivity contribution < 1.29 is 19.0 Å². The van der Waals surface area contributed by atoms with E-state index in [9.17, 15) is 9.18 Å². The van der Waals surface area contributed by atoms with Gasteiger partial charge in [-0.2, -0.15) is 0 Å². The van der Waals surface area contributed by atoms with Crippen molar-refractivity contribution in [3.05, 3.63) is 68.5 Å². The zero-order valence-corrected chi connectivity index (χ0v) is 15.9. The monoisotopic (exact) mass is 384 g/mol. The smallest absolute Gasteiger partial charge is 0.328 e. The maximum Gasteiger partial charge on any atom is 0.328 e. The van der Waals surface area contributed by atoms with Crippen molar-refractivity contribution in [2.75, 3.05) is 7.11 Å². The summed E-state index contributed by atoms with van der Waals surface area (Å²) in [6, 6.07) is 1.65. The normalized spacial score (nSPS) is 13.5. The Kier molecular flexibility index (Phi) is 7.94. The van der Waals surface area contributed by atoms with Gasteiger partial charge in [-0.1, -0.05) is 41.4 Å².